The first-order valence-electron chi connectivity index (χ1n) is 2.02. The van der Waals surface area contributed by atoms with Crippen LogP contribution in [0.3, 0.4) is 0 Å². The fourth-order valence-corrected chi connectivity index (χ4v) is 0.0781. The van der Waals surface area contributed by atoms with E-state index >= 15 is 0 Å². The second kappa shape index (κ2) is 6.19. The normalized spacial score (nSPS) is 11.8. The number of hydrogen-bond acceptors (Lipinski definition) is 2. The zero-order valence-electron chi connectivity index (χ0n) is 5.09. The van der Waals surface area contributed by atoms with Gasteiger partial charge in [0.1, 0.15) is 0 Å². The van der Waals surface area contributed by atoms with Crippen LogP contribution in [0.4, 0.5) is 0 Å². The van der Waals surface area contributed by atoms with E-state index in [4.69, 9.17) is 10.2 Å². The molecule has 0 spiro atoms. The van der Waals surface area contributed by atoms with Gasteiger partial charge in [-0.1, -0.05) is 0 Å². The maximum absolute atomic E-state index is 9.77. The number of aliphatic hydroxyl groups excluding tert-OH is 1. The average molecular weight is 143 g/mol. The fraction of sp³-hybridized carbons (Fsp3) is 0.750. The molecule has 0 saturated heterocycles. The summed E-state index contributed by atoms with van der Waals surface area (Å²) in [6.07, 6.45) is 0. The molecule has 4 heteroatoms. The molecule has 1 unspecified atom stereocenters. The molecule has 0 rings (SSSR count). The minimum Gasteiger partial charge on any atom is -0.481 e. The quantitative estimate of drug-likeness (QED) is 0.503. The second-order valence-electron chi connectivity index (χ2n) is 1.42. The van der Waals surface area contributed by atoms with E-state index in [-0.39, 0.29) is 58.0 Å². The van der Waals surface area contributed by atoms with Gasteiger partial charge in [0.15, 0.2) is 0 Å². The van der Waals surface area contributed by atoms with E-state index in [0.29, 0.717) is 0 Å². The molecule has 0 aromatic heterocycles. The fourth-order valence-electron chi connectivity index (χ4n) is 0.0781. The standard InChI is InChI=1S/C4H8O3.K/c1-3(2-5)4(6)7;/h3,5H,2H2,1H3,(H,6,7);. The predicted molar refractivity (Wildman–Crippen MR) is 29.6 cm³/mol. The van der Waals surface area contributed by atoms with Crippen LogP contribution in [0, 0.1) is 5.92 Å². The summed E-state index contributed by atoms with van der Waals surface area (Å²) in [7, 11) is 0. The third-order valence-corrected chi connectivity index (χ3v) is 0.695. The Kier molecular flexibility index (Phi) is 9.14. The molecule has 0 heterocycles. The number of carboxylic acids is 1. The molecule has 43 valence electrons. The van der Waals surface area contributed by atoms with Gasteiger partial charge in [0.05, 0.1) is 12.5 Å². The molecule has 3 nitrogen and oxygen atoms in total. The van der Waals surface area contributed by atoms with Gasteiger partial charge in [-0.25, -0.2) is 0 Å². The molecule has 1 radical (unpaired) electrons. The van der Waals surface area contributed by atoms with Crippen molar-refractivity contribution in [1.82, 2.24) is 0 Å². The minimum absolute atomic E-state index is 0. The third kappa shape index (κ3) is 5.21. The Bertz CT molecular complexity index is 73.7. The van der Waals surface area contributed by atoms with Gasteiger partial charge < -0.3 is 10.2 Å². The van der Waals surface area contributed by atoms with Crippen LogP contribution < -0.4 is 0 Å². The average Bonchev–Trinajstić information content (AvgIpc) is 1.65. The smallest absolute Gasteiger partial charge is 0.308 e. The molecule has 8 heavy (non-hydrogen) atoms. The minimum atomic E-state index is -0.956. The van der Waals surface area contributed by atoms with Crippen LogP contribution in [0.25, 0.3) is 0 Å². The van der Waals surface area contributed by atoms with Crippen LogP contribution in [-0.4, -0.2) is 74.2 Å². The molecule has 1 atom stereocenters. The van der Waals surface area contributed by atoms with Gasteiger partial charge in [0, 0.05) is 51.4 Å². The summed E-state index contributed by atoms with van der Waals surface area (Å²) < 4.78 is 0. The summed E-state index contributed by atoms with van der Waals surface area (Å²) in [6, 6.07) is 0. The van der Waals surface area contributed by atoms with E-state index in [1.54, 1.807) is 0 Å². The molecular weight excluding hydrogens is 135 g/mol. The van der Waals surface area contributed by atoms with Crippen LogP contribution in [0.5, 0.6) is 0 Å². The van der Waals surface area contributed by atoms with Crippen molar-refractivity contribution in [2.24, 2.45) is 5.92 Å². The van der Waals surface area contributed by atoms with Gasteiger partial charge in [-0.2, -0.15) is 0 Å². The molecule has 0 aliphatic rings. The SMILES string of the molecule is CC(CO)C(=O)O.[K]. The van der Waals surface area contributed by atoms with E-state index in [1.807, 2.05) is 0 Å². The van der Waals surface area contributed by atoms with Crippen molar-refractivity contribution >= 4 is 57.4 Å². The molecule has 0 amide bonds. The van der Waals surface area contributed by atoms with E-state index < -0.39 is 11.9 Å². The summed E-state index contributed by atoms with van der Waals surface area (Å²) in [5.74, 6) is -1.58. The number of carboxylic acid groups (broad SMARTS) is 1. The van der Waals surface area contributed by atoms with Crippen molar-refractivity contribution in [1.29, 1.82) is 0 Å². The van der Waals surface area contributed by atoms with Gasteiger partial charge in [-0.05, 0) is 6.92 Å². The van der Waals surface area contributed by atoms with E-state index in [9.17, 15) is 4.79 Å². The number of rotatable bonds is 2. The zero-order valence-corrected chi connectivity index (χ0v) is 8.21. The second-order valence-corrected chi connectivity index (χ2v) is 1.42. The number of aliphatic carboxylic acids is 1. The Morgan fingerprint density at radius 3 is 2.12 bits per heavy atom. The van der Waals surface area contributed by atoms with Crippen LogP contribution in [-0.2, 0) is 4.79 Å². The zero-order chi connectivity index (χ0) is 5.86. The molecule has 0 saturated carbocycles. The summed E-state index contributed by atoms with van der Waals surface area (Å²) in [5, 5.41) is 16.1. The van der Waals surface area contributed by atoms with Crippen molar-refractivity contribution < 1.29 is 15.0 Å². The molecule has 0 fully saturated rings. The van der Waals surface area contributed by atoms with Gasteiger partial charge in [0.2, 0.25) is 0 Å². The molecule has 0 aromatic carbocycles. The van der Waals surface area contributed by atoms with Crippen molar-refractivity contribution in [2.45, 2.75) is 6.92 Å². The molecule has 0 aliphatic heterocycles. The Hall–Kier alpha value is 1.07. The molecule has 0 bridgehead atoms. The van der Waals surface area contributed by atoms with E-state index in [2.05, 4.69) is 0 Å². The van der Waals surface area contributed by atoms with Gasteiger partial charge in [-0.15, -0.1) is 0 Å². The first-order chi connectivity index (χ1) is 3.18. The van der Waals surface area contributed by atoms with Crippen LogP contribution in [0.15, 0.2) is 0 Å². The van der Waals surface area contributed by atoms with Crippen LogP contribution >= 0.6 is 0 Å². The number of hydrogen-bond donors (Lipinski definition) is 2. The Balaban J connectivity index is 0. The van der Waals surface area contributed by atoms with Crippen molar-refractivity contribution in [3.8, 4) is 0 Å². The Morgan fingerprint density at radius 1 is 1.75 bits per heavy atom. The monoisotopic (exact) mass is 143 g/mol. The molecule has 0 aliphatic carbocycles. The summed E-state index contributed by atoms with van der Waals surface area (Å²) in [4.78, 5) is 9.77. The molecular formula is C4H8KO3. The van der Waals surface area contributed by atoms with Gasteiger partial charge >= 0.3 is 5.97 Å². The van der Waals surface area contributed by atoms with Crippen molar-refractivity contribution in [2.75, 3.05) is 6.61 Å². The van der Waals surface area contributed by atoms with E-state index in [1.165, 1.54) is 6.92 Å². The maximum Gasteiger partial charge on any atom is 0.308 e. The van der Waals surface area contributed by atoms with E-state index in [0.717, 1.165) is 0 Å². The summed E-state index contributed by atoms with van der Waals surface area (Å²) in [6.45, 7) is 1.16. The topological polar surface area (TPSA) is 57.5 Å². The Morgan fingerprint density at radius 2 is 2.12 bits per heavy atom. The molecule has 2 N–H and O–H groups in total. The van der Waals surface area contributed by atoms with Gasteiger partial charge in [-0.3, -0.25) is 4.79 Å². The first kappa shape index (κ1) is 11.8. The summed E-state index contributed by atoms with van der Waals surface area (Å²) in [5.41, 5.74) is 0. The van der Waals surface area contributed by atoms with Crippen LogP contribution in [0.1, 0.15) is 6.92 Å². The first-order valence-corrected chi connectivity index (χ1v) is 2.02. The van der Waals surface area contributed by atoms with Crippen molar-refractivity contribution in [3.63, 3.8) is 0 Å². The van der Waals surface area contributed by atoms with Gasteiger partial charge in [0.25, 0.3) is 0 Å². The van der Waals surface area contributed by atoms with Crippen LogP contribution in [0.2, 0.25) is 0 Å². The molecule has 0 aromatic rings. The van der Waals surface area contributed by atoms with Crippen molar-refractivity contribution in [3.05, 3.63) is 0 Å². The number of carbonyl (C=O) groups is 1. The Labute approximate surface area is 90.5 Å². The summed E-state index contributed by atoms with van der Waals surface area (Å²) >= 11 is 0. The number of aliphatic hydroxyl groups is 1. The maximum atomic E-state index is 9.77. The largest absolute Gasteiger partial charge is 0.481 e. The third-order valence-electron chi connectivity index (χ3n) is 0.695. The predicted octanol–water partition coefficient (Wildman–Crippen LogP) is -0.681.